The zero-order valence-corrected chi connectivity index (χ0v) is 11.3. The van der Waals surface area contributed by atoms with E-state index in [4.69, 9.17) is 5.14 Å². The molecule has 1 atom stereocenters. The van der Waals surface area contributed by atoms with Crippen LogP contribution in [-0.4, -0.2) is 32.5 Å². The minimum Gasteiger partial charge on any atom is -0.404 e. The van der Waals surface area contributed by atoms with Crippen LogP contribution >= 0.6 is 0 Å². The second kappa shape index (κ2) is 5.19. The summed E-state index contributed by atoms with van der Waals surface area (Å²) in [5, 5.41) is 3.82. The van der Waals surface area contributed by atoms with Gasteiger partial charge in [-0.25, -0.2) is 13.6 Å². The van der Waals surface area contributed by atoms with Crippen molar-refractivity contribution in [3.8, 4) is 5.75 Å². The van der Waals surface area contributed by atoms with Gasteiger partial charge in [-0.1, -0.05) is 12.1 Å². The number of carbonyl (C=O) groups is 1. The van der Waals surface area contributed by atoms with Gasteiger partial charge in [0.15, 0.2) is 5.75 Å². The molecule has 1 fully saturated rings. The summed E-state index contributed by atoms with van der Waals surface area (Å²) in [6.45, 7) is -0.310. The summed E-state index contributed by atoms with van der Waals surface area (Å²) in [5.74, 6) is -1.21. The number of hydrogen-bond donors (Lipinski definition) is 1. The van der Waals surface area contributed by atoms with E-state index in [0.29, 0.717) is 0 Å². The van der Waals surface area contributed by atoms with Gasteiger partial charge in [0.25, 0.3) is 0 Å². The number of halogens is 3. The largest absolute Gasteiger partial charge is 0.573 e. The molecule has 1 aliphatic heterocycles. The Hall–Kier alpha value is -1.81. The Morgan fingerprint density at radius 2 is 1.90 bits per heavy atom. The quantitative estimate of drug-likeness (QED) is 0.897. The molecule has 1 aliphatic rings. The minimum atomic E-state index is -4.92. The molecule has 21 heavy (non-hydrogen) atoms. The average molecular weight is 324 g/mol. The molecule has 0 aliphatic carbocycles. The maximum atomic E-state index is 12.3. The molecule has 1 heterocycles. The van der Waals surface area contributed by atoms with E-state index >= 15 is 0 Å². The monoisotopic (exact) mass is 324 g/mol. The Balaban J connectivity index is 2.33. The van der Waals surface area contributed by atoms with E-state index in [2.05, 4.69) is 4.74 Å². The topological polar surface area (TPSA) is 89.7 Å². The number of nitrogens with zero attached hydrogens (tertiary/aromatic N) is 1. The van der Waals surface area contributed by atoms with Crippen molar-refractivity contribution in [1.29, 1.82) is 0 Å². The maximum Gasteiger partial charge on any atom is 0.573 e. The fraction of sp³-hybridized carbons (Fsp3) is 0.364. The zero-order valence-electron chi connectivity index (χ0n) is 10.5. The summed E-state index contributed by atoms with van der Waals surface area (Å²) >= 11 is 0. The van der Waals surface area contributed by atoms with E-state index in [0.717, 1.165) is 11.0 Å². The lowest BCUT2D eigenvalue weighted by molar-refractivity contribution is -0.274. The predicted octanol–water partition coefficient (Wildman–Crippen LogP) is 0.979. The Bertz CT molecular complexity index is 660. The molecule has 0 aromatic heterocycles. The summed E-state index contributed by atoms with van der Waals surface area (Å²) < 4.78 is 63.3. The molecule has 0 bridgehead atoms. The van der Waals surface area contributed by atoms with Crippen molar-refractivity contribution in [2.75, 3.05) is 11.4 Å². The Morgan fingerprint density at radius 1 is 1.29 bits per heavy atom. The fourth-order valence-electron chi connectivity index (χ4n) is 2.02. The third kappa shape index (κ3) is 3.64. The van der Waals surface area contributed by atoms with Crippen LogP contribution in [0.15, 0.2) is 24.3 Å². The lowest BCUT2D eigenvalue weighted by Gasteiger charge is -2.20. The summed E-state index contributed by atoms with van der Waals surface area (Å²) in [6.07, 6.45) is -5.29. The normalized spacial score (nSPS) is 19.9. The van der Waals surface area contributed by atoms with E-state index in [1.807, 2.05) is 0 Å². The number of hydrogen-bond acceptors (Lipinski definition) is 4. The third-order valence-electron chi connectivity index (χ3n) is 2.94. The Labute approximate surface area is 118 Å². The van der Waals surface area contributed by atoms with Gasteiger partial charge in [-0.2, -0.15) is 0 Å². The molecule has 0 spiro atoms. The number of para-hydroxylation sites is 2. The molecule has 1 saturated heterocycles. The van der Waals surface area contributed by atoms with Gasteiger partial charge < -0.3 is 9.64 Å². The fourth-order valence-corrected chi connectivity index (χ4v) is 2.75. The molecule has 1 aromatic carbocycles. The van der Waals surface area contributed by atoms with Crippen LogP contribution in [0.4, 0.5) is 18.9 Å². The van der Waals surface area contributed by atoms with Crippen LogP contribution in [0.1, 0.15) is 6.42 Å². The van der Waals surface area contributed by atoms with Crippen LogP contribution in [0.25, 0.3) is 0 Å². The second-order valence-electron chi connectivity index (χ2n) is 4.44. The smallest absolute Gasteiger partial charge is 0.404 e. The van der Waals surface area contributed by atoms with Crippen molar-refractivity contribution in [3.05, 3.63) is 24.3 Å². The highest BCUT2D eigenvalue weighted by Crippen LogP contribution is 2.35. The van der Waals surface area contributed by atoms with E-state index in [-0.39, 0.29) is 18.7 Å². The summed E-state index contributed by atoms with van der Waals surface area (Å²) in [5.41, 5.74) is -0.147. The van der Waals surface area contributed by atoms with Gasteiger partial charge in [0, 0.05) is 13.0 Å². The first-order valence-electron chi connectivity index (χ1n) is 5.74. The van der Waals surface area contributed by atoms with E-state index in [1.54, 1.807) is 0 Å². The van der Waals surface area contributed by atoms with Gasteiger partial charge in [0.05, 0.1) is 5.69 Å². The Morgan fingerprint density at radius 3 is 2.43 bits per heavy atom. The average Bonchev–Trinajstić information content (AvgIpc) is 2.70. The van der Waals surface area contributed by atoms with Crippen molar-refractivity contribution >= 4 is 21.6 Å². The second-order valence-corrected chi connectivity index (χ2v) is 6.28. The molecule has 6 nitrogen and oxygen atoms in total. The number of primary sulfonamides is 1. The number of anilines is 1. The lowest BCUT2D eigenvalue weighted by atomic mass is 10.2. The molecular formula is C11H11F3N2O4S. The number of ether oxygens (including phenoxy) is 1. The number of rotatable bonds is 3. The molecule has 10 heteroatoms. The van der Waals surface area contributed by atoms with Crippen LogP contribution < -0.4 is 14.8 Å². The lowest BCUT2D eigenvalue weighted by Crippen LogP contribution is -2.32. The molecule has 1 unspecified atom stereocenters. The van der Waals surface area contributed by atoms with Crippen molar-refractivity contribution < 1.29 is 31.1 Å². The van der Waals surface area contributed by atoms with Crippen molar-refractivity contribution in [2.45, 2.75) is 18.0 Å². The Kier molecular flexibility index (Phi) is 3.85. The molecule has 1 aromatic rings. The predicted molar refractivity (Wildman–Crippen MR) is 67.0 cm³/mol. The number of sulfonamides is 1. The summed E-state index contributed by atoms with van der Waals surface area (Å²) in [6, 6.07) is 5.00. The van der Waals surface area contributed by atoms with E-state index < -0.39 is 33.3 Å². The number of carbonyl (C=O) groups excluding carboxylic acids is 1. The van der Waals surface area contributed by atoms with Gasteiger partial charge >= 0.3 is 6.36 Å². The molecule has 1 amide bonds. The SMILES string of the molecule is NS(=O)(=O)C1CC(=O)N(c2ccccc2OC(F)(F)F)C1. The van der Waals surface area contributed by atoms with Crippen LogP contribution in [-0.2, 0) is 14.8 Å². The molecule has 116 valence electrons. The van der Waals surface area contributed by atoms with Crippen molar-refractivity contribution in [1.82, 2.24) is 0 Å². The first-order valence-corrected chi connectivity index (χ1v) is 7.35. The first-order chi connectivity index (χ1) is 9.58. The zero-order chi connectivity index (χ0) is 15.8. The number of amides is 1. The number of nitrogens with two attached hydrogens (primary N) is 1. The van der Waals surface area contributed by atoms with E-state index in [9.17, 15) is 26.4 Å². The standard InChI is InChI=1S/C11H11F3N2O4S/c12-11(13,14)20-9-4-2-1-3-8(9)16-6-7(5-10(16)17)21(15,18)19/h1-4,7H,5-6H2,(H2,15,18,19). The maximum absolute atomic E-state index is 12.3. The molecule has 0 saturated carbocycles. The van der Waals surface area contributed by atoms with E-state index in [1.165, 1.54) is 18.2 Å². The highest BCUT2D eigenvalue weighted by atomic mass is 32.2. The van der Waals surface area contributed by atoms with Gasteiger partial charge in [-0.3, -0.25) is 4.79 Å². The molecule has 2 N–H and O–H groups in total. The molecule has 2 rings (SSSR count). The highest BCUT2D eigenvalue weighted by Gasteiger charge is 2.39. The van der Waals surface area contributed by atoms with Gasteiger partial charge in [-0.05, 0) is 12.1 Å². The molecular weight excluding hydrogens is 313 g/mol. The van der Waals surface area contributed by atoms with Gasteiger partial charge in [0.2, 0.25) is 15.9 Å². The van der Waals surface area contributed by atoms with Crippen molar-refractivity contribution in [2.24, 2.45) is 5.14 Å². The number of alkyl halides is 3. The summed E-state index contributed by atoms with van der Waals surface area (Å²) in [4.78, 5) is 12.7. The highest BCUT2D eigenvalue weighted by molar-refractivity contribution is 7.89. The van der Waals surface area contributed by atoms with Crippen LogP contribution in [0.2, 0.25) is 0 Å². The van der Waals surface area contributed by atoms with Gasteiger partial charge in [-0.15, -0.1) is 13.2 Å². The van der Waals surface area contributed by atoms with Crippen LogP contribution in [0.5, 0.6) is 5.75 Å². The summed E-state index contributed by atoms with van der Waals surface area (Å²) in [7, 11) is -3.95. The van der Waals surface area contributed by atoms with Crippen molar-refractivity contribution in [3.63, 3.8) is 0 Å². The minimum absolute atomic E-state index is 0.147. The van der Waals surface area contributed by atoms with Gasteiger partial charge in [0.1, 0.15) is 5.25 Å². The first kappa shape index (κ1) is 15.6. The molecule has 0 radical (unpaired) electrons. The third-order valence-corrected chi connectivity index (χ3v) is 4.18. The van der Waals surface area contributed by atoms with Crippen LogP contribution in [0, 0.1) is 0 Å². The number of benzene rings is 1. The van der Waals surface area contributed by atoms with Crippen LogP contribution in [0.3, 0.4) is 0 Å².